The molecule has 3 saturated carbocycles. The van der Waals surface area contributed by atoms with Gasteiger partial charge in [0.2, 0.25) is 0 Å². The number of esters is 1. The summed E-state index contributed by atoms with van der Waals surface area (Å²) in [6.45, 7) is 3.95. The highest BCUT2D eigenvalue weighted by Gasteiger charge is 2.58. The van der Waals surface area contributed by atoms with Crippen LogP contribution >= 0.6 is 0 Å². The van der Waals surface area contributed by atoms with Crippen molar-refractivity contribution in [2.24, 2.45) is 23.2 Å². The quantitative estimate of drug-likeness (QED) is 0.688. The van der Waals surface area contributed by atoms with Crippen molar-refractivity contribution >= 4 is 11.8 Å². The van der Waals surface area contributed by atoms with Crippen LogP contribution in [0, 0.1) is 23.2 Å². The molecule has 0 unspecified atom stereocenters. The van der Waals surface area contributed by atoms with Crippen LogP contribution in [0.3, 0.4) is 0 Å². The number of hydrogen-bond donors (Lipinski definition) is 0. The fourth-order valence-corrected chi connectivity index (χ4v) is 6.23. The third-order valence-corrected chi connectivity index (χ3v) is 7.14. The van der Waals surface area contributed by atoms with E-state index < -0.39 is 5.60 Å². The molecule has 0 aliphatic heterocycles. The maximum Gasteiger partial charge on any atom is 0.303 e. The van der Waals surface area contributed by atoms with Crippen molar-refractivity contribution in [2.75, 3.05) is 0 Å². The molecule has 5 atom stereocenters. The standard InChI is InChI=1S/C20H26O3/c1-13(21)23-20-11-7-15(22)12-14(20)5-6-16-17-4-3-9-19(17,2)10-8-18(16)20/h7,11-12,16-18H,3-6,8-10H2,1-2H3/t16-,17+,18+,19+,20-/m1/s1. The Morgan fingerprint density at radius 1 is 1.22 bits per heavy atom. The topological polar surface area (TPSA) is 43.4 Å². The van der Waals surface area contributed by atoms with E-state index >= 15 is 0 Å². The van der Waals surface area contributed by atoms with E-state index in [9.17, 15) is 9.59 Å². The first-order valence-corrected chi connectivity index (χ1v) is 9.08. The zero-order chi connectivity index (χ0) is 16.2. The summed E-state index contributed by atoms with van der Waals surface area (Å²) in [6.07, 6.45) is 13.6. The van der Waals surface area contributed by atoms with Gasteiger partial charge < -0.3 is 4.74 Å². The van der Waals surface area contributed by atoms with Crippen LogP contribution in [0.4, 0.5) is 0 Å². The highest BCUT2D eigenvalue weighted by molar-refractivity contribution is 6.01. The van der Waals surface area contributed by atoms with E-state index in [0.29, 0.717) is 17.3 Å². The van der Waals surface area contributed by atoms with Gasteiger partial charge in [0.05, 0.1) is 0 Å². The van der Waals surface area contributed by atoms with Crippen molar-refractivity contribution < 1.29 is 14.3 Å². The number of ether oxygens (including phenoxy) is 1. The molecule has 3 heteroatoms. The Bertz CT molecular complexity index is 616. The van der Waals surface area contributed by atoms with Crippen molar-refractivity contribution in [1.82, 2.24) is 0 Å². The molecule has 0 heterocycles. The Labute approximate surface area is 138 Å². The molecule has 0 bridgehead atoms. The number of ketones is 1. The summed E-state index contributed by atoms with van der Waals surface area (Å²) >= 11 is 0. The molecule has 0 aromatic carbocycles. The third-order valence-electron chi connectivity index (χ3n) is 7.14. The first kappa shape index (κ1) is 15.2. The number of carbonyl (C=O) groups is 2. The molecule has 0 amide bonds. The van der Waals surface area contributed by atoms with Crippen molar-refractivity contribution in [3.63, 3.8) is 0 Å². The molecule has 4 rings (SSSR count). The van der Waals surface area contributed by atoms with E-state index in [2.05, 4.69) is 6.92 Å². The van der Waals surface area contributed by atoms with Crippen LogP contribution in [0.5, 0.6) is 0 Å². The Balaban J connectivity index is 1.75. The van der Waals surface area contributed by atoms with Crippen LogP contribution in [0.25, 0.3) is 0 Å². The summed E-state index contributed by atoms with van der Waals surface area (Å²) in [5.41, 5.74) is 0.865. The van der Waals surface area contributed by atoms with Gasteiger partial charge in [0.1, 0.15) is 0 Å². The van der Waals surface area contributed by atoms with Gasteiger partial charge in [0, 0.05) is 12.8 Å². The van der Waals surface area contributed by atoms with Gasteiger partial charge in [-0.1, -0.05) is 13.3 Å². The molecule has 0 saturated heterocycles. The largest absolute Gasteiger partial charge is 0.450 e. The summed E-state index contributed by atoms with van der Waals surface area (Å²) in [7, 11) is 0. The minimum absolute atomic E-state index is 0.0303. The van der Waals surface area contributed by atoms with E-state index in [4.69, 9.17) is 4.74 Å². The molecule has 0 N–H and O–H groups in total. The van der Waals surface area contributed by atoms with E-state index in [-0.39, 0.29) is 11.8 Å². The highest BCUT2D eigenvalue weighted by atomic mass is 16.6. The number of rotatable bonds is 1. The Kier molecular flexibility index (Phi) is 3.33. The van der Waals surface area contributed by atoms with Gasteiger partial charge in [-0.05, 0) is 79.6 Å². The second-order valence-corrected chi connectivity index (χ2v) is 8.29. The first-order chi connectivity index (χ1) is 10.9. The monoisotopic (exact) mass is 314 g/mol. The maximum atomic E-state index is 11.8. The Morgan fingerprint density at radius 3 is 2.83 bits per heavy atom. The summed E-state index contributed by atoms with van der Waals surface area (Å²) in [6, 6.07) is 0. The molecule has 4 aliphatic carbocycles. The number of fused-ring (bicyclic) bond motifs is 5. The highest BCUT2D eigenvalue weighted by Crippen LogP contribution is 2.62. The van der Waals surface area contributed by atoms with Gasteiger partial charge in [0.25, 0.3) is 0 Å². The molecule has 3 fully saturated rings. The number of hydrogen-bond acceptors (Lipinski definition) is 3. The van der Waals surface area contributed by atoms with Crippen LogP contribution < -0.4 is 0 Å². The van der Waals surface area contributed by atoms with E-state index in [1.807, 2.05) is 6.08 Å². The fraction of sp³-hybridized carbons (Fsp3) is 0.700. The van der Waals surface area contributed by atoms with Crippen LogP contribution in [0.15, 0.2) is 23.8 Å². The molecule has 3 nitrogen and oxygen atoms in total. The van der Waals surface area contributed by atoms with Crippen molar-refractivity contribution in [3.8, 4) is 0 Å². The number of allylic oxidation sites excluding steroid dienone is 2. The lowest BCUT2D eigenvalue weighted by atomic mass is 9.51. The van der Waals surface area contributed by atoms with Crippen LogP contribution in [0.1, 0.15) is 58.8 Å². The molecular weight excluding hydrogens is 288 g/mol. The van der Waals surface area contributed by atoms with Gasteiger partial charge in [-0.2, -0.15) is 0 Å². The molecule has 23 heavy (non-hydrogen) atoms. The predicted octanol–water partition coefficient (Wildman–Crippen LogP) is 3.98. The zero-order valence-electron chi connectivity index (χ0n) is 14.1. The number of carbonyl (C=O) groups excluding carboxylic acids is 2. The minimum Gasteiger partial charge on any atom is -0.450 e. The van der Waals surface area contributed by atoms with Gasteiger partial charge in [0.15, 0.2) is 11.4 Å². The van der Waals surface area contributed by atoms with Gasteiger partial charge in [-0.25, -0.2) is 0 Å². The van der Waals surface area contributed by atoms with Crippen molar-refractivity contribution in [2.45, 2.75) is 64.4 Å². The fourth-order valence-electron chi connectivity index (χ4n) is 6.23. The molecule has 124 valence electrons. The van der Waals surface area contributed by atoms with Gasteiger partial charge in [-0.3, -0.25) is 9.59 Å². The molecule has 0 aromatic heterocycles. The summed E-state index contributed by atoms with van der Waals surface area (Å²) in [5, 5.41) is 0. The molecule has 0 aromatic rings. The van der Waals surface area contributed by atoms with Crippen LogP contribution in [-0.4, -0.2) is 17.4 Å². The minimum atomic E-state index is -0.646. The average Bonchev–Trinajstić information content (AvgIpc) is 2.89. The molecule has 0 radical (unpaired) electrons. The van der Waals surface area contributed by atoms with Crippen LogP contribution in [0.2, 0.25) is 0 Å². The summed E-state index contributed by atoms with van der Waals surface area (Å²) < 4.78 is 5.94. The second-order valence-electron chi connectivity index (χ2n) is 8.29. The molecular formula is C20H26O3. The van der Waals surface area contributed by atoms with Crippen LogP contribution in [-0.2, 0) is 14.3 Å². The smallest absolute Gasteiger partial charge is 0.303 e. The van der Waals surface area contributed by atoms with Crippen molar-refractivity contribution in [3.05, 3.63) is 23.8 Å². The molecule has 0 spiro atoms. The maximum absolute atomic E-state index is 11.8. The lowest BCUT2D eigenvalue weighted by molar-refractivity contribution is -0.163. The third kappa shape index (κ3) is 2.15. The van der Waals surface area contributed by atoms with E-state index in [1.54, 1.807) is 12.2 Å². The average molecular weight is 314 g/mol. The van der Waals surface area contributed by atoms with E-state index in [0.717, 1.165) is 30.8 Å². The van der Waals surface area contributed by atoms with E-state index in [1.165, 1.54) is 32.6 Å². The normalized spacial score (nSPS) is 44.9. The van der Waals surface area contributed by atoms with Crippen molar-refractivity contribution in [1.29, 1.82) is 0 Å². The lowest BCUT2D eigenvalue weighted by Crippen LogP contribution is -2.55. The lowest BCUT2D eigenvalue weighted by Gasteiger charge is -2.56. The summed E-state index contributed by atoms with van der Waals surface area (Å²) in [5.74, 6) is 1.50. The SMILES string of the molecule is CC(=O)O[C@]12C=CC(=O)C=C1CC[C@@H]1[C@@H]3CCC[C@@]3(C)CC[C@@H]12. The zero-order valence-corrected chi connectivity index (χ0v) is 14.1. The molecule has 4 aliphatic rings. The Hall–Kier alpha value is -1.38. The predicted molar refractivity (Wildman–Crippen MR) is 87.6 cm³/mol. The van der Waals surface area contributed by atoms with Gasteiger partial charge >= 0.3 is 5.97 Å². The van der Waals surface area contributed by atoms with Gasteiger partial charge in [-0.15, -0.1) is 0 Å². The Morgan fingerprint density at radius 2 is 2.04 bits per heavy atom. The first-order valence-electron chi connectivity index (χ1n) is 9.08. The second kappa shape index (κ2) is 5.06. The summed E-state index contributed by atoms with van der Waals surface area (Å²) in [4.78, 5) is 23.7.